The molecule has 1 amide bonds. The number of carbonyl (C=O) groups is 1. The Morgan fingerprint density at radius 1 is 1.25 bits per heavy atom. The Morgan fingerprint density at radius 3 is 2.12 bits per heavy atom. The molecule has 0 radical (unpaired) electrons. The van der Waals surface area contributed by atoms with E-state index >= 15 is 0 Å². The molecule has 5 nitrogen and oxygen atoms in total. The molecule has 0 fully saturated rings. The van der Waals surface area contributed by atoms with E-state index in [4.69, 9.17) is 15.2 Å². The Hall–Kier alpha value is -0.650. The molecule has 0 aliphatic heterocycles. The second-order valence-corrected chi connectivity index (χ2v) is 3.71. The molecule has 0 rings (SSSR count). The first-order valence-electron chi connectivity index (χ1n) is 5.69. The van der Waals surface area contributed by atoms with Crippen LogP contribution in [-0.4, -0.2) is 57.4 Å². The van der Waals surface area contributed by atoms with Gasteiger partial charge in [0.25, 0.3) is 0 Å². The number of hydrogen-bond acceptors (Lipinski definition) is 4. The Labute approximate surface area is 97.9 Å². The van der Waals surface area contributed by atoms with Crippen LogP contribution in [0.25, 0.3) is 0 Å². The lowest BCUT2D eigenvalue weighted by atomic mass is 10.1. The average molecular weight is 232 g/mol. The zero-order valence-electron chi connectivity index (χ0n) is 10.6. The maximum atomic E-state index is 11.9. The molecule has 0 aliphatic rings. The van der Waals surface area contributed by atoms with E-state index in [2.05, 4.69) is 0 Å². The van der Waals surface area contributed by atoms with Crippen LogP contribution in [-0.2, 0) is 14.3 Å². The third-order valence-corrected chi connectivity index (χ3v) is 2.36. The zero-order valence-corrected chi connectivity index (χ0v) is 10.6. The van der Waals surface area contributed by atoms with Gasteiger partial charge in [-0.1, -0.05) is 13.3 Å². The lowest BCUT2D eigenvalue weighted by Gasteiger charge is -2.25. The number of amides is 1. The summed E-state index contributed by atoms with van der Waals surface area (Å²) in [4.78, 5) is 13.6. The van der Waals surface area contributed by atoms with Crippen LogP contribution in [0.2, 0.25) is 0 Å². The first-order chi connectivity index (χ1) is 7.67. The maximum Gasteiger partial charge on any atom is 0.239 e. The summed E-state index contributed by atoms with van der Waals surface area (Å²) >= 11 is 0. The molecule has 1 atom stereocenters. The van der Waals surface area contributed by atoms with Crippen molar-refractivity contribution in [3.05, 3.63) is 0 Å². The van der Waals surface area contributed by atoms with Gasteiger partial charge in [-0.25, -0.2) is 0 Å². The van der Waals surface area contributed by atoms with Crippen LogP contribution in [0.4, 0.5) is 0 Å². The highest BCUT2D eigenvalue weighted by Crippen LogP contribution is 2.00. The normalized spacial score (nSPS) is 12.5. The molecule has 5 heteroatoms. The van der Waals surface area contributed by atoms with Gasteiger partial charge in [-0.15, -0.1) is 0 Å². The summed E-state index contributed by atoms with van der Waals surface area (Å²) in [5.74, 6) is -0.0176. The second-order valence-electron chi connectivity index (χ2n) is 3.71. The molecule has 0 unspecified atom stereocenters. The molecule has 0 bridgehead atoms. The van der Waals surface area contributed by atoms with Gasteiger partial charge < -0.3 is 20.1 Å². The number of carbonyl (C=O) groups excluding carboxylic acids is 1. The third-order valence-electron chi connectivity index (χ3n) is 2.36. The highest BCUT2D eigenvalue weighted by molar-refractivity contribution is 5.81. The fraction of sp³-hybridized carbons (Fsp3) is 0.909. The van der Waals surface area contributed by atoms with Gasteiger partial charge in [-0.2, -0.15) is 0 Å². The topological polar surface area (TPSA) is 64.8 Å². The molecule has 0 saturated carbocycles. The number of ether oxygens (including phenoxy) is 2. The third kappa shape index (κ3) is 6.05. The van der Waals surface area contributed by atoms with Crippen LogP contribution >= 0.6 is 0 Å². The summed E-state index contributed by atoms with van der Waals surface area (Å²) in [6, 6.07) is -0.404. The van der Waals surface area contributed by atoms with Gasteiger partial charge in [-0.05, 0) is 6.42 Å². The smallest absolute Gasteiger partial charge is 0.239 e. The molecule has 0 heterocycles. The van der Waals surface area contributed by atoms with Crippen molar-refractivity contribution < 1.29 is 14.3 Å². The van der Waals surface area contributed by atoms with Crippen molar-refractivity contribution in [3.8, 4) is 0 Å². The lowest BCUT2D eigenvalue weighted by Crippen LogP contribution is -2.46. The van der Waals surface area contributed by atoms with Crippen molar-refractivity contribution in [2.45, 2.75) is 25.8 Å². The number of hydrogen-bond donors (Lipinski definition) is 1. The molecule has 0 aromatic carbocycles. The SMILES string of the molecule is CCC[C@@H](N)C(=O)N(CCOC)CCOC. The molecule has 0 aromatic heterocycles. The molecular weight excluding hydrogens is 208 g/mol. The number of methoxy groups -OCH3 is 2. The Bertz CT molecular complexity index is 180. The minimum Gasteiger partial charge on any atom is -0.383 e. The largest absolute Gasteiger partial charge is 0.383 e. The van der Waals surface area contributed by atoms with E-state index in [1.807, 2.05) is 6.92 Å². The van der Waals surface area contributed by atoms with E-state index in [1.54, 1.807) is 19.1 Å². The summed E-state index contributed by atoms with van der Waals surface area (Å²) in [5.41, 5.74) is 5.80. The Kier molecular flexibility index (Phi) is 9.18. The van der Waals surface area contributed by atoms with Gasteiger partial charge in [0.2, 0.25) is 5.91 Å². The van der Waals surface area contributed by atoms with Crippen LogP contribution < -0.4 is 5.73 Å². The fourth-order valence-corrected chi connectivity index (χ4v) is 1.40. The fourth-order valence-electron chi connectivity index (χ4n) is 1.40. The van der Waals surface area contributed by atoms with Crippen LogP contribution in [0.3, 0.4) is 0 Å². The monoisotopic (exact) mass is 232 g/mol. The Balaban J connectivity index is 4.18. The Morgan fingerprint density at radius 2 is 1.75 bits per heavy atom. The van der Waals surface area contributed by atoms with E-state index in [9.17, 15) is 4.79 Å². The summed E-state index contributed by atoms with van der Waals surface area (Å²) < 4.78 is 9.93. The molecule has 0 aromatic rings. The predicted octanol–water partition coefficient (Wildman–Crippen LogP) is 0.235. The van der Waals surface area contributed by atoms with Crippen LogP contribution in [0.1, 0.15) is 19.8 Å². The molecule has 2 N–H and O–H groups in total. The standard InChI is InChI=1S/C11H24N2O3/c1-4-5-10(12)11(14)13(6-8-15-2)7-9-16-3/h10H,4-9,12H2,1-3H3/t10-/m1/s1. The van der Waals surface area contributed by atoms with E-state index in [0.717, 1.165) is 12.8 Å². The average Bonchev–Trinajstić information content (AvgIpc) is 2.29. The van der Waals surface area contributed by atoms with E-state index in [0.29, 0.717) is 26.3 Å². The minimum absolute atomic E-state index is 0.0176. The van der Waals surface area contributed by atoms with E-state index in [1.165, 1.54) is 0 Å². The second kappa shape index (κ2) is 9.57. The van der Waals surface area contributed by atoms with Crippen molar-refractivity contribution >= 4 is 5.91 Å². The van der Waals surface area contributed by atoms with Crippen molar-refractivity contribution in [2.24, 2.45) is 5.73 Å². The van der Waals surface area contributed by atoms with Crippen LogP contribution in [0.5, 0.6) is 0 Å². The number of rotatable bonds is 9. The summed E-state index contributed by atoms with van der Waals surface area (Å²) in [5, 5.41) is 0. The first kappa shape index (κ1) is 15.3. The summed E-state index contributed by atoms with van der Waals surface area (Å²) in [7, 11) is 3.23. The highest BCUT2D eigenvalue weighted by atomic mass is 16.5. The number of nitrogens with zero attached hydrogens (tertiary/aromatic N) is 1. The van der Waals surface area contributed by atoms with Crippen molar-refractivity contribution in [1.82, 2.24) is 4.90 Å². The van der Waals surface area contributed by atoms with E-state index < -0.39 is 6.04 Å². The molecule has 0 saturated heterocycles. The highest BCUT2D eigenvalue weighted by Gasteiger charge is 2.19. The van der Waals surface area contributed by atoms with Crippen molar-refractivity contribution in [2.75, 3.05) is 40.5 Å². The molecule has 0 spiro atoms. The van der Waals surface area contributed by atoms with Gasteiger partial charge in [0, 0.05) is 27.3 Å². The van der Waals surface area contributed by atoms with Crippen molar-refractivity contribution in [3.63, 3.8) is 0 Å². The lowest BCUT2D eigenvalue weighted by molar-refractivity contribution is -0.134. The summed E-state index contributed by atoms with van der Waals surface area (Å²) in [6.45, 7) is 4.19. The van der Waals surface area contributed by atoms with Gasteiger partial charge in [0.15, 0.2) is 0 Å². The quantitative estimate of drug-likeness (QED) is 0.618. The van der Waals surface area contributed by atoms with Gasteiger partial charge >= 0.3 is 0 Å². The predicted molar refractivity (Wildman–Crippen MR) is 63.2 cm³/mol. The van der Waals surface area contributed by atoms with Crippen molar-refractivity contribution in [1.29, 1.82) is 0 Å². The van der Waals surface area contributed by atoms with Crippen LogP contribution in [0.15, 0.2) is 0 Å². The zero-order chi connectivity index (χ0) is 12.4. The van der Waals surface area contributed by atoms with E-state index in [-0.39, 0.29) is 5.91 Å². The molecule has 0 aliphatic carbocycles. The van der Waals surface area contributed by atoms with Gasteiger partial charge in [0.05, 0.1) is 19.3 Å². The molecular formula is C11H24N2O3. The van der Waals surface area contributed by atoms with Gasteiger partial charge in [0.1, 0.15) is 0 Å². The van der Waals surface area contributed by atoms with Crippen LogP contribution in [0, 0.1) is 0 Å². The summed E-state index contributed by atoms with van der Waals surface area (Å²) in [6.07, 6.45) is 1.63. The molecule has 16 heavy (non-hydrogen) atoms. The van der Waals surface area contributed by atoms with Gasteiger partial charge in [-0.3, -0.25) is 4.79 Å². The first-order valence-corrected chi connectivity index (χ1v) is 5.69. The minimum atomic E-state index is -0.404. The number of nitrogens with two attached hydrogens (primary N) is 1. The maximum absolute atomic E-state index is 11.9. The molecule has 96 valence electrons.